The van der Waals surface area contributed by atoms with E-state index in [1.807, 2.05) is 22.8 Å². The number of nitrogens with zero attached hydrogens (tertiary/aromatic N) is 4. The number of imidazole rings is 1. The predicted molar refractivity (Wildman–Crippen MR) is 101 cm³/mol. The van der Waals surface area contributed by atoms with Gasteiger partial charge in [-0.05, 0) is 12.1 Å². The summed E-state index contributed by atoms with van der Waals surface area (Å²) in [6, 6.07) is 12.9. The molecule has 0 aliphatic rings. The van der Waals surface area contributed by atoms with Crippen molar-refractivity contribution >= 4 is 28.3 Å². The number of ether oxygens (including phenoxy) is 1. The molecule has 27 heavy (non-hydrogen) atoms. The lowest BCUT2D eigenvalue weighted by atomic mass is 10.1. The Morgan fingerprint density at radius 2 is 2.19 bits per heavy atom. The summed E-state index contributed by atoms with van der Waals surface area (Å²) in [6.07, 6.45) is 5.02. The van der Waals surface area contributed by atoms with Crippen LogP contribution in [0.1, 0.15) is 20.8 Å². The minimum absolute atomic E-state index is 0.161. The average molecular weight is 375 g/mol. The number of nitrogens with two attached hydrogens (primary N) is 1. The molecular weight excluding hydrogens is 362 g/mol. The summed E-state index contributed by atoms with van der Waals surface area (Å²) in [7, 11) is 0. The van der Waals surface area contributed by atoms with E-state index in [4.69, 9.17) is 10.5 Å². The highest BCUT2D eigenvalue weighted by atomic mass is 32.1. The van der Waals surface area contributed by atoms with E-state index in [-0.39, 0.29) is 6.61 Å². The van der Waals surface area contributed by atoms with Crippen LogP contribution < -0.4 is 10.5 Å². The second-order valence-electron chi connectivity index (χ2n) is 5.68. The molecule has 7 nitrogen and oxygen atoms in total. The van der Waals surface area contributed by atoms with Crippen molar-refractivity contribution in [3.05, 3.63) is 71.1 Å². The number of primary amides is 1. The van der Waals surface area contributed by atoms with Crippen LogP contribution in [0.2, 0.25) is 0 Å². The van der Waals surface area contributed by atoms with Crippen molar-refractivity contribution in [3.63, 3.8) is 0 Å². The molecule has 0 aliphatic carbocycles. The molecule has 0 radical (unpaired) electrons. The molecule has 0 unspecified atom stereocenters. The fraction of sp³-hybridized carbons (Fsp3) is 0.0526. The Bertz CT molecular complexity index is 1190. The number of rotatable bonds is 5. The number of pyridine rings is 1. The predicted octanol–water partition coefficient (Wildman–Crippen LogP) is 3.03. The molecule has 3 heterocycles. The zero-order valence-electron chi connectivity index (χ0n) is 14.0. The summed E-state index contributed by atoms with van der Waals surface area (Å²) in [5.74, 6) is -0.188. The lowest BCUT2D eigenvalue weighted by Gasteiger charge is -2.07. The largest absolute Gasteiger partial charge is 0.487 e. The SMILES string of the molecule is N#Cc1ccccc1COc1cc(-n2cnc3cnccc32)sc1C(N)=O. The zero-order valence-corrected chi connectivity index (χ0v) is 14.8. The molecule has 0 saturated heterocycles. The van der Waals surface area contributed by atoms with Crippen LogP contribution in [0.5, 0.6) is 5.75 Å². The fourth-order valence-electron chi connectivity index (χ4n) is 2.71. The van der Waals surface area contributed by atoms with E-state index in [1.165, 1.54) is 11.3 Å². The molecular formula is C19H13N5O2S. The Hall–Kier alpha value is -3.70. The van der Waals surface area contributed by atoms with Crippen molar-refractivity contribution in [2.45, 2.75) is 6.61 Å². The number of carbonyl (C=O) groups excluding carboxylic acids is 1. The molecule has 0 aliphatic heterocycles. The second kappa shape index (κ2) is 6.90. The Morgan fingerprint density at radius 3 is 3.00 bits per heavy atom. The normalized spacial score (nSPS) is 10.6. The first-order valence-corrected chi connectivity index (χ1v) is 8.81. The van der Waals surface area contributed by atoms with Gasteiger partial charge in [-0.1, -0.05) is 18.2 Å². The number of amides is 1. The summed E-state index contributed by atoms with van der Waals surface area (Å²) >= 11 is 1.22. The average Bonchev–Trinajstić information content (AvgIpc) is 3.30. The molecule has 0 bridgehead atoms. The third-order valence-electron chi connectivity index (χ3n) is 4.02. The summed E-state index contributed by atoms with van der Waals surface area (Å²) < 4.78 is 7.68. The Kier molecular flexibility index (Phi) is 4.28. The van der Waals surface area contributed by atoms with Crippen LogP contribution in [0.4, 0.5) is 0 Å². The number of fused-ring (bicyclic) bond motifs is 1. The second-order valence-corrected chi connectivity index (χ2v) is 6.71. The maximum atomic E-state index is 11.9. The molecule has 0 saturated carbocycles. The van der Waals surface area contributed by atoms with Gasteiger partial charge in [0.05, 0.1) is 23.3 Å². The van der Waals surface area contributed by atoms with Crippen molar-refractivity contribution < 1.29 is 9.53 Å². The third kappa shape index (κ3) is 3.12. The molecule has 4 aromatic rings. The van der Waals surface area contributed by atoms with Crippen LogP contribution in [-0.4, -0.2) is 20.4 Å². The number of hydrogen-bond acceptors (Lipinski definition) is 6. The minimum Gasteiger partial charge on any atom is -0.487 e. The van der Waals surface area contributed by atoms with Crippen LogP contribution in [0.25, 0.3) is 16.0 Å². The van der Waals surface area contributed by atoms with Crippen molar-refractivity contribution in [1.29, 1.82) is 5.26 Å². The van der Waals surface area contributed by atoms with E-state index in [0.29, 0.717) is 16.2 Å². The first-order chi connectivity index (χ1) is 13.2. The summed E-state index contributed by atoms with van der Waals surface area (Å²) in [5, 5.41) is 9.95. The number of hydrogen-bond donors (Lipinski definition) is 1. The van der Waals surface area contributed by atoms with Gasteiger partial charge in [-0.15, -0.1) is 11.3 Å². The molecule has 8 heteroatoms. The Labute approximate surface area is 158 Å². The molecule has 3 aromatic heterocycles. The van der Waals surface area contributed by atoms with Gasteiger partial charge in [0.2, 0.25) is 0 Å². The van der Waals surface area contributed by atoms with E-state index in [9.17, 15) is 10.1 Å². The molecule has 0 atom stereocenters. The lowest BCUT2D eigenvalue weighted by Crippen LogP contribution is -2.10. The summed E-state index contributed by atoms with van der Waals surface area (Å²) in [6.45, 7) is 0.161. The molecule has 0 fully saturated rings. The summed E-state index contributed by atoms with van der Waals surface area (Å²) in [4.78, 5) is 20.5. The van der Waals surface area contributed by atoms with Gasteiger partial charge in [0.15, 0.2) is 0 Å². The topological polar surface area (TPSA) is 107 Å². The quantitative estimate of drug-likeness (QED) is 0.577. The van der Waals surface area contributed by atoms with Crippen molar-refractivity contribution in [3.8, 4) is 16.8 Å². The van der Waals surface area contributed by atoms with Crippen LogP contribution in [0.3, 0.4) is 0 Å². The molecule has 0 spiro atoms. The molecule has 1 amide bonds. The van der Waals surface area contributed by atoms with Gasteiger partial charge < -0.3 is 10.5 Å². The van der Waals surface area contributed by atoms with Crippen LogP contribution >= 0.6 is 11.3 Å². The smallest absolute Gasteiger partial charge is 0.262 e. The van der Waals surface area contributed by atoms with E-state index in [2.05, 4.69) is 16.0 Å². The van der Waals surface area contributed by atoms with E-state index in [1.54, 1.807) is 36.9 Å². The number of benzene rings is 1. The molecule has 132 valence electrons. The van der Waals surface area contributed by atoms with Crippen LogP contribution in [0.15, 0.2) is 55.1 Å². The van der Waals surface area contributed by atoms with Gasteiger partial charge in [-0.2, -0.15) is 5.26 Å². The van der Waals surface area contributed by atoms with E-state index >= 15 is 0 Å². The van der Waals surface area contributed by atoms with Gasteiger partial charge in [0.25, 0.3) is 5.91 Å². The first-order valence-electron chi connectivity index (χ1n) is 7.99. The molecule has 1 aromatic carbocycles. The lowest BCUT2D eigenvalue weighted by molar-refractivity contribution is 0.1000. The summed E-state index contributed by atoms with van der Waals surface area (Å²) in [5.41, 5.74) is 8.40. The minimum atomic E-state index is -0.569. The fourth-order valence-corrected chi connectivity index (χ4v) is 3.65. The first kappa shape index (κ1) is 16.8. The van der Waals surface area contributed by atoms with Crippen molar-refractivity contribution in [2.75, 3.05) is 0 Å². The Morgan fingerprint density at radius 1 is 1.33 bits per heavy atom. The van der Waals surface area contributed by atoms with Crippen LogP contribution in [-0.2, 0) is 6.61 Å². The van der Waals surface area contributed by atoms with Gasteiger partial charge in [-0.25, -0.2) is 4.98 Å². The Balaban J connectivity index is 1.69. The number of thiophene rings is 1. The molecule has 4 rings (SSSR count). The zero-order chi connectivity index (χ0) is 18.8. The monoisotopic (exact) mass is 375 g/mol. The number of aromatic nitrogens is 3. The van der Waals surface area contributed by atoms with Gasteiger partial charge in [0, 0.05) is 17.8 Å². The van der Waals surface area contributed by atoms with E-state index in [0.717, 1.165) is 21.6 Å². The number of carbonyl (C=O) groups is 1. The highest BCUT2D eigenvalue weighted by molar-refractivity contribution is 7.16. The highest BCUT2D eigenvalue weighted by Crippen LogP contribution is 2.34. The van der Waals surface area contributed by atoms with Crippen molar-refractivity contribution in [1.82, 2.24) is 14.5 Å². The standard InChI is InChI=1S/C19H13N5O2S/c20-8-12-3-1-2-4-13(12)10-26-16-7-17(27-18(16)19(21)25)24-11-23-14-9-22-6-5-15(14)24/h1-7,9,11H,10H2,(H2,21,25). The van der Waals surface area contributed by atoms with Crippen molar-refractivity contribution in [2.24, 2.45) is 5.73 Å². The molecule has 2 N–H and O–H groups in total. The highest BCUT2D eigenvalue weighted by Gasteiger charge is 2.18. The third-order valence-corrected chi connectivity index (χ3v) is 5.15. The van der Waals surface area contributed by atoms with E-state index < -0.39 is 5.91 Å². The van der Waals surface area contributed by atoms with Gasteiger partial charge >= 0.3 is 0 Å². The number of nitriles is 1. The maximum Gasteiger partial charge on any atom is 0.262 e. The van der Waals surface area contributed by atoms with Gasteiger partial charge in [-0.3, -0.25) is 14.3 Å². The maximum absolute atomic E-state index is 11.9. The van der Waals surface area contributed by atoms with Crippen LogP contribution in [0, 0.1) is 11.3 Å². The van der Waals surface area contributed by atoms with Gasteiger partial charge in [0.1, 0.15) is 34.1 Å².